The molecule has 0 aliphatic rings. The number of amides is 2. The lowest BCUT2D eigenvalue weighted by atomic mass is 10.2. The van der Waals surface area contributed by atoms with Gasteiger partial charge in [0.1, 0.15) is 0 Å². The van der Waals surface area contributed by atoms with Crippen molar-refractivity contribution in [3.63, 3.8) is 0 Å². The lowest BCUT2D eigenvalue weighted by Crippen LogP contribution is -2.13. The fourth-order valence-corrected chi connectivity index (χ4v) is 3.79. The molecule has 0 spiro atoms. The molecular formula is C17H12N6O6S2. The van der Waals surface area contributed by atoms with Gasteiger partial charge in [0.05, 0.1) is 15.6 Å². The topological polar surface area (TPSA) is 170 Å². The molecule has 0 aliphatic carbocycles. The van der Waals surface area contributed by atoms with Gasteiger partial charge in [-0.1, -0.05) is 29.2 Å². The average molecular weight is 460 g/mol. The highest BCUT2D eigenvalue weighted by atomic mass is 32.2. The maximum absolute atomic E-state index is 12.2. The van der Waals surface area contributed by atoms with Gasteiger partial charge in [0.25, 0.3) is 17.3 Å². The number of non-ortho nitro benzene ring substituents is 2. The number of hydrogen-bond acceptors (Lipinski definition) is 10. The van der Waals surface area contributed by atoms with E-state index in [4.69, 9.17) is 0 Å². The summed E-state index contributed by atoms with van der Waals surface area (Å²) in [7, 11) is 0. The Morgan fingerprint density at radius 3 is 2.35 bits per heavy atom. The zero-order valence-electron chi connectivity index (χ0n) is 15.4. The van der Waals surface area contributed by atoms with E-state index < -0.39 is 15.8 Å². The first-order valence-corrected chi connectivity index (χ1v) is 10.2. The van der Waals surface area contributed by atoms with Crippen LogP contribution >= 0.6 is 23.1 Å². The van der Waals surface area contributed by atoms with Gasteiger partial charge in [-0.2, -0.15) is 0 Å². The summed E-state index contributed by atoms with van der Waals surface area (Å²) in [5.41, 5.74) is 0.223. The number of aromatic nitrogens is 2. The molecule has 0 unspecified atom stereocenters. The smallest absolute Gasteiger partial charge is 0.270 e. The van der Waals surface area contributed by atoms with Crippen LogP contribution < -0.4 is 10.6 Å². The molecular weight excluding hydrogens is 448 g/mol. The Hall–Kier alpha value is -3.91. The first kappa shape index (κ1) is 21.8. The van der Waals surface area contributed by atoms with Crippen molar-refractivity contribution in [1.82, 2.24) is 10.2 Å². The highest BCUT2D eigenvalue weighted by Gasteiger charge is 2.15. The number of hydrogen-bond donors (Lipinski definition) is 2. The Morgan fingerprint density at radius 1 is 0.968 bits per heavy atom. The predicted molar refractivity (Wildman–Crippen MR) is 113 cm³/mol. The molecule has 2 N–H and O–H groups in total. The number of carbonyl (C=O) groups is 2. The molecule has 1 heterocycles. The SMILES string of the molecule is O=C(CSc1nnc(NC(=O)c2cccc([N+](=O)[O-])c2)s1)Nc1ccc([N+](=O)[O-])cc1. The summed E-state index contributed by atoms with van der Waals surface area (Å²) in [6.07, 6.45) is 0. The minimum atomic E-state index is -0.599. The molecule has 0 saturated carbocycles. The molecule has 31 heavy (non-hydrogen) atoms. The number of nitrogens with one attached hydrogen (secondary N) is 2. The van der Waals surface area contributed by atoms with Crippen LogP contribution in [-0.4, -0.2) is 37.6 Å². The molecule has 0 atom stereocenters. The summed E-state index contributed by atoms with van der Waals surface area (Å²) in [5.74, 6) is -0.923. The van der Waals surface area contributed by atoms with Gasteiger partial charge in [0.2, 0.25) is 11.0 Å². The van der Waals surface area contributed by atoms with Crippen LogP contribution in [0.1, 0.15) is 10.4 Å². The van der Waals surface area contributed by atoms with Gasteiger partial charge in [-0.3, -0.25) is 35.1 Å². The van der Waals surface area contributed by atoms with Gasteiger partial charge >= 0.3 is 0 Å². The predicted octanol–water partition coefficient (Wildman–Crippen LogP) is 3.34. The summed E-state index contributed by atoms with van der Waals surface area (Å²) in [5, 5.41) is 34.4. The summed E-state index contributed by atoms with van der Waals surface area (Å²) in [6.45, 7) is 0. The zero-order valence-corrected chi connectivity index (χ0v) is 17.0. The molecule has 0 fully saturated rings. The lowest BCUT2D eigenvalue weighted by molar-refractivity contribution is -0.385. The zero-order chi connectivity index (χ0) is 22.4. The van der Waals surface area contributed by atoms with Crippen molar-refractivity contribution in [2.75, 3.05) is 16.4 Å². The Kier molecular flexibility index (Phi) is 6.84. The molecule has 1 aromatic heterocycles. The molecule has 158 valence electrons. The van der Waals surface area contributed by atoms with Crippen molar-refractivity contribution in [2.45, 2.75) is 4.34 Å². The minimum Gasteiger partial charge on any atom is -0.325 e. The Balaban J connectivity index is 1.52. The van der Waals surface area contributed by atoms with Crippen LogP contribution in [-0.2, 0) is 4.79 Å². The van der Waals surface area contributed by atoms with Crippen LogP contribution in [0.15, 0.2) is 52.9 Å². The van der Waals surface area contributed by atoms with Crippen LogP contribution in [0.2, 0.25) is 0 Å². The van der Waals surface area contributed by atoms with Crippen molar-refractivity contribution in [3.8, 4) is 0 Å². The maximum atomic E-state index is 12.2. The fraction of sp³-hybridized carbons (Fsp3) is 0.0588. The monoisotopic (exact) mass is 460 g/mol. The molecule has 0 saturated heterocycles. The maximum Gasteiger partial charge on any atom is 0.270 e. The van der Waals surface area contributed by atoms with E-state index in [0.29, 0.717) is 10.0 Å². The van der Waals surface area contributed by atoms with Gasteiger partial charge < -0.3 is 5.32 Å². The third-order valence-corrected chi connectivity index (χ3v) is 5.61. The largest absolute Gasteiger partial charge is 0.325 e. The van der Waals surface area contributed by atoms with Gasteiger partial charge in [-0.15, -0.1) is 10.2 Å². The van der Waals surface area contributed by atoms with Crippen LogP contribution in [0.5, 0.6) is 0 Å². The van der Waals surface area contributed by atoms with E-state index in [0.717, 1.165) is 29.2 Å². The van der Waals surface area contributed by atoms with Crippen LogP contribution in [0.4, 0.5) is 22.2 Å². The third-order valence-electron chi connectivity index (χ3n) is 3.63. The third kappa shape index (κ3) is 6.03. The van der Waals surface area contributed by atoms with E-state index >= 15 is 0 Å². The first-order chi connectivity index (χ1) is 14.8. The molecule has 3 rings (SSSR count). The first-order valence-electron chi connectivity index (χ1n) is 8.38. The molecule has 14 heteroatoms. The number of anilines is 2. The number of rotatable bonds is 8. The van der Waals surface area contributed by atoms with E-state index in [9.17, 15) is 29.8 Å². The van der Waals surface area contributed by atoms with E-state index in [1.165, 1.54) is 42.5 Å². The molecule has 2 amide bonds. The highest BCUT2D eigenvalue weighted by molar-refractivity contribution is 8.01. The van der Waals surface area contributed by atoms with Crippen molar-refractivity contribution < 1.29 is 19.4 Å². The Labute approximate surface area is 182 Å². The Morgan fingerprint density at radius 2 is 1.68 bits per heavy atom. The van der Waals surface area contributed by atoms with Crippen molar-refractivity contribution in [3.05, 3.63) is 74.3 Å². The van der Waals surface area contributed by atoms with Gasteiger partial charge in [0.15, 0.2) is 4.34 Å². The van der Waals surface area contributed by atoms with Crippen molar-refractivity contribution in [1.29, 1.82) is 0 Å². The number of nitro groups is 2. The second-order valence-electron chi connectivity index (χ2n) is 5.78. The summed E-state index contributed by atoms with van der Waals surface area (Å²) < 4.78 is 0.424. The molecule has 0 aliphatic heterocycles. The standard InChI is InChI=1S/C17H12N6O6S2/c24-14(18-11-4-6-12(7-5-11)22(26)27)9-30-17-21-20-16(31-17)19-15(25)10-2-1-3-13(8-10)23(28)29/h1-8H,9H2,(H,18,24)(H,19,20,25). The molecule has 3 aromatic rings. The lowest BCUT2D eigenvalue weighted by Gasteiger charge is -2.03. The van der Waals surface area contributed by atoms with Gasteiger partial charge in [0, 0.05) is 35.5 Å². The molecule has 0 bridgehead atoms. The average Bonchev–Trinajstić information content (AvgIpc) is 3.20. The number of nitro benzene ring substituents is 2. The van der Waals surface area contributed by atoms with E-state index in [2.05, 4.69) is 20.8 Å². The van der Waals surface area contributed by atoms with Crippen molar-refractivity contribution >= 4 is 57.1 Å². The van der Waals surface area contributed by atoms with E-state index in [1.54, 1.807) is 0 Å². The summed E-state index contributed by atoms with van der Waals surface area (Å²) in [4.78, 5) is 44.6. The molecule has 2 aromatic carbocycles. The highest BCUT2D eigenvalue weighted by Crippen LogP contribution is 2.26. The van der Waals surface area contributed by atoms with Crippen LogP contribution in [0.3, 0.4) is 0 Å². The van der Waals surface area contributed by atoms with E-state index in [-0.39, 0.29) is 33.7 Å². The second kappa shape index (κ2) is 9.73. The fourth-order valence-electron chi connectivity index (χ4n) is 2.24. The Bertz CT molecular complexity index is 1150. The molecule has 12 nitrogen and oxygen atoms in total. The summed E-state index contributed by atoms with van der Waals surface area (Å²) in [6, 6.07) is 10.7. The number of benzene rings is 2. The quantitative estimate of drug-likeness (QED) is 0.221. The second-order valence-corrected chi connectivity index (χ2v) is 7.98. The summed E-state index contributed by atoms with van der Waals surface area (Å²) >= 11 is 2.13. The van der Waals surface area contributed by atoms with Crippen molar-refractivity contribution in [2.24, 2.45) is 0 Å². The number of carbonyl (C=O) groups excluding carboxylic acids is 2. The van der Waals surface area contributed by atoms with E-state index in [1.807, 2.05) is 0 Å². The van der Waals surface area contributed by atoms with Crippen LogP contribution in [0, 0.1) is 20.2 Å². The van der Waals surface area contributed by atoms with Gasteiger partial charge in [-0.25, -0.2) is 0 Å². The number of nitrogens with zero attached hydrogens (tertiary/aromatic N) is 4. The number of thioether (sulfide) groups is 1. The van der Waals surface area contributed by atoms with Crippen LogP contribution in [0.25, 0.3) is 0 Å². The molecule has 0 radical (unpaired) electrons. The van der Waals surface area contributed by atoms with Gasteiger partial charge in [-0.05, 0) is 18.2 Å². The normalized spacial score (nSPS) is 10.3. The minimum absolute atomic E-state index is 0.00441.